The summed E-state index contributed by atoms with van der Waals surface area (Å²) < 4.78 is 0. The molecule has 0 bridgehead atoms. The summed E-state index contributed by atoms with van der Waals surface area (Å²) in [7, 11) is 0. The summed E-state index contributed by atoms with van der Waals surface area (Å²) in [5.41, 5.74) is 3.06. The van der Waals surface area contributed by atoms with Crippen molar-refractivity contribution in [2.75, 3.05) is 31.1 Å². The number of H-pyrrole nitrogens is 1. The van der Waals surface area contributed by atoms with Crippen molar-refractivity contribution < 1.29 is 4.79 Å². The lowest BCUT2D eigenvalue weighted by Gasteiger charge is -2.22. The van der Waals surface area contributed by atoms with Gasteiger partial charge in [-0.3, -0.25) is 4.79 Å². The van der Waals surface area contributed by atoms with Crippen LogP contribution in [0.15, 0.2) is 42.6 Å². The van der Waals surface area contributed by atoms with Crippen molar-refractivity contribution in [1.82, 2.24) is 20.1 Å². The van der Waals surface area contributed by atoms with Gasteiger partial charge in [0.1, 0.15) is 0 Å². The number of carbonyl (C=O) groups is 1. The van der Waals surface area contributed by atoms with E-state index >= 15 is 0 Å². The number of rotatable bonds is 3. The summed E-state index contributed by atoms with van der Waals surface area (Å²) >= 11 is 0. The fraction of sp³-hybridized carbons (Fsp3) is 0.350. The normalized spacial score (nSPS) is 15.3. The molecule has 6 heteroatoms. The Balaban J connectivity index is 1.42. The van der Waals surface area contributed by atoms with Gasteiger partial charge in [-0.2, -0.15) is 5.10 Å². The number of aromatic amines is 1. The van der Waals surface area contributed by atoms with Crippen LogP contribution < -0.4 is 4.90 Å². The molecule has 3 aromatic rings. The minimum atomic E-state index is 0.187. The van der Waals surface area contributed by atoms with Gasteiger partial charge >= 0.3 is 0 Å². The monoisotopic (exact) mass is 349 g/mol. The Bertz CT molecular complexity index is 902. The largest absolute Gasteiger partial charge is 0.361 e. The minimum absolute atomic E-state index is 0.187. The number of nitrogens with zero attached hydrogens (tertiary/aromatic N) is 4. The molecule has 26 heavy (non-hydrogen) atoms. The molecular formula is C20H23N5O. The molecule has 134 valence electrons. The number of fused-ring (bicyclic) bond motifs is 1. The number of amides is 1. The fourth-order valence-corrected chi connectivity index (χ4v) is 3.51. The highest BCUT2D eigenvalue weighted by atomic mass is 16.2. The van der Waals surface area contributed by atoms with Gasteiger partial charge in [-0.15, -0.1) is 5.10 Å². The summed E-state index contributed by atoms with van der Waals surface area (Å²) in [5, 5.41) is 9.55. The Morgan fingerprint density at radius 1 is 1.08 bits per heavy atom. The number of nitrogens with one attached hydrogen (secondary N) is 1. The van der Waals surface area contributed by atoms with Crippen molar-refractivity contribution in [2.24, 2.45) is 0 Å². The lowest BCUT2D eigenvalue weighted by Crippen LogP contribution is -2.36. The van der Waals surface area contributed by atoms with E-state index in [1.807, 2.05) is 48.4 Å². The smallest absolute Gasteiger partial charge is 0.227 e. The maximum atomic E-state index is 12.8. The third kappa shape index (κ3) is 3.40. The van der Waals surface area contributed by atoms with Crippen LogP contribution in [0.2, 0.25) is 0 Å². The van der Waals surface area contributed by atoms with Crippen molar-refractivity contribution in [3.8, 4) is 0 Å². The Hall–Kier alpha value is -2.89. The van der Waals surface area contributed by atoms with Gasteiger partial charge in [0.05, 0.1) is 12.1 Å². The zero-order chi connectivity index (χ0) is 17.9. The third-order valence-corrected chi connectivity index (χ3v) is 4.97. The maximum absolute atomic E-state index is 12.8. The molecule has 0 atom stereocenters. The highest BCUT2D eigenvalue weighted by Gasteiger charge is 2.21. The van der Waals surface area contributed by atoms with Crippen molar-refractivity contribution in [2.45, 2.75) is 19.8 Å². The van der Waals surface area contributed by atoms with Crippen molar-refractivity contribution in [3.63, 3.8) is 0 Å². The van der Waals surface area contributed by atoms with Crippen LogP contribution in [0.5, 0.6) is 0 Å². The van der Waals surface area contributed by atoms with E-state index in [0.29, 0.717) is 6.42 Å². The lowest BCUT2D eigenvalue weighted by molar-refractivity contribution is -0.130. The number of carbonyl (C=O) groups excluding carboxylic acids is 1. The first-order valence-corrected chi connectivity index (χ1v) is 9.09. The molecule has 0 unspecified atom stereocenters. The van der Waals surface area contributed by atoms with Gasteiger partial charge < -0.3 is 14.8 Å². The second-order valence-corrected chi connectivity index (χ2v) is 6.79. The van der Waals surface area contributed by atoms with Crippen LogP contribution in [0, 0.1) is 6.92 Å². The third-order valence-electron chi connectivity index (χ3n) is 4.97. The molecule has 1 saturated heterocycles. The van der Waals surface area contributed by atoms with Crippen LogP contribution in [-0.2, 0) is 11.2 Å². The van der Waals surface area contributed by atoms with Crippen LogP contribution in [0.25, 0.3) is 10.9 Å². The highest BCUT2D eigenvalue weighted by molar-refractivity contribution is 5.88. The van der Waals surface area contributed by atoms with E-state index in [0.717, 1.165) is 60.6 Å². The molecule has 0 saturated carbocycles. The Labute approximate surface area is 152 Å². The molecule has 2 aromatic heterocycles. The van der Waals surface area contributed by atoms with Crippen LogP contribution in [0.1, 0.15) is 17.7 Å². The summed E-state index contributed by atoms with van der Waals surface area (Å²) in [5.74, 6) is 1.08. The van der Waals surface area contributed by atoms with Gasteiger partial charge in [-0.1, -0.05) is 18.2 Å². The molecule has 0 aliphatic carbocycles. The second-order valence-electron chi connectivity index (χ2n) is 6.79. The standard InChI is InChI=1S/C20H23N5O/c1-15-7-8-19(23-22-15)24-9-4-10-25(12-11-24)20(26)13-16-14-21-18-6-3-2-5-17(16)18/h2-3,5-8,14,21H,4,9-13H2,1H3. The molecule has 1 amide bonds. The Kier molecular flexibility index (Phi) is 4.56. The average molecular weight is 349 g/mol. The van der Waals surface area contributed by atoms with Gasteiger partial charge in [-0.25, -0.2) is 0 Å². The summed E-state index contributed by atoms with van der Waals surface area (Å²) in [4.78, 5) is 20.3. The fourth-order valence-electron chi connectivity index (χ4n) is 3.51. The Morgan fingerprint density at radius 2 is 1.96 bits per heavy atom. The van der Waals surface area contributed by atoms with Gasteiger partial charge in [0.15, 0.2) is 5.82 Å². The zero-order valence-corrected chi connectivity index (χ0v) is 15.0. The van der Waals surface area contributed by atoms with Crippen molar-refractivity contribution in [1.29, 1.82) is 0 Å². The number of aromatic nitrogens is 3. The van der Waals surface area contributed by atoms with E-state index in [1.54, 1.807) is 0 Å². The van der Waals surface area contributed by atoms with Gasteiger partial charge in [0, 0.05) is 43.3 Å². The number of anilines is 1. The molecular weight excluding hydrogens is 326 g/mol. The molecule has 6 nitrogen and oxygen atoms in total. The first-order valence-electron chi connectivity index (χ1n) is 9.09. The molecule has 1 aromatic carbocycles. The number of hydrogen-bond acceptors (Lipinski definition) is 4. The van der Waals surface area contributed by atoms with Gasteiger partial charge in [0.25, 0.3) is 0 Å². The molecule has 1 N–H and O–H groups in total. The molecule has 0 radical (unpaired) electrons. The van der Waals surface area contributed by atoms with Gasteiger partial charge in [-0.05, 0) is 37.1 Å². The van der Waals surface area contributed by atoms with E-state index in [9.17, 15) is 4.79 Å². The Morgan fingerprint density at radius 3 is 2.81 bits per heavy atom. The number of para-hydroxylation sites is 1. The van der Waals surface area contributed by atoms with Crippen LogP contribution >= 0.6 is 0 Å². The predicted octanol–water partition coefficient (Wildman–Crippen LogP) is 2.55. The highest BCUT2D eigenvalue weighted by Crippen LogP contribution is 2.19. The summed E-state index contributed by atoms with van der Waals surface area (Å²) in [6, 6.07) is 12.1. The summed E-state index contributed by atoms with van der Waals surface area (Å²) in [6.45, 7) is 5.13. The van der Waals surface area contributed by atoms with Crippen LogP contribution in [-0.4, -0.2) is 52.2 Å². The maximum Gasteiger partial charge on any atom is 0.227 e. The second kappa shape index (κ2) is 7.15. The molecule has 3 heterocycles. The van der Waals surface area contributed by atoms with Crippen LogP contribution in [0.3, 0.4) is 0 Å². The summed E-state index contributed by atoms with van der Waals surface area (Å²) in [6.07, 6.45) is 3.33. The van der Waals surface area contributed by atoms with E-state index in [4.69, 9.17) is 0 Å². The first-order chi connectivity index (χ1) is 12.7. The van der Waals surface area contributed by atoms with Crippen LogP contribution in [0.4, 0.5) is 5.82 Å². The minimum Gasteiger partial charge on any atom is -0.361 e. The van der Waals surface area contributed by atoms with Gasteiger partial charge in [0.2, 0.25) is 5.91 Å². The lowest BCUT2D eigenvalue weighted by atomic mass is 10.1. The molecule has 1 fully saturated rings. The first kappa shape index (κ1) is 16.6. The van der Waals surface area contributed by atoms with E-state index in [2.05, 4.69) is 26.1 Å². The van der Waals surface area contributed by atoms with Crippen molar-refractivity contribution >= 4 is 22.6 Å². The topological polar surface area (TPSA) is 65.1 Å². The number of aryl methyl sites for hydroxylation is 1. The van der Waals surface area contributed by atoms with Crippen molar-refractivity contribution in [3.05, 3.63) is 53.9 Å². The van der Waals surface area contributed by atoms with E-state index in [-0.39, 0.29) is 5.91 Å². The van der Waals surface area contributed by atoms with E-state index in [1.165, 1.54) is 0 Å². The molecule has 0 spiro atoms. The number of benzene rings is 1. The molecule has 1 aliphatic heterocycles. The number of hydrogen-bond donors (Lipinski definition) is 1. The molecule has 1 aliphatic rings. The quantitative estimate of drug-likeness (QED) is 0.789. The predicted molar refractivity (Wildman–Crippen MR) is 102 cm³/mol. The average Bonchev–Trinajstić information content (AvgIpc) is 2.89. The zero-order valence-electron chi connectivity index (χ0n) is 15.0. The SMILES string of the molecule is Cc1ccc(N2CCCN(C(=O)Cc3c[nH]c4ccccc34)CC2)nn1. The van der Waals surface area contributed by atoms with E-state index < -0.39 is 0 Å². The molecule has 4 rings (SSSR count).